The van der Waals surface area contributed by atoms with Gasteiger partial charge in [-0.15, -0.1) is 0 Å². The van der Waals surface area contributed by atoms with Crippen LogP contribution in [-0.4, -0.2) is 19.0 Å². The van der Waals surface area contributed by atoms with Crippen LogP contribution in [0, 0.1) is 12.8 Å². The van der Waals surface area contributed by atoms with Gasteiger partial charge in [-0.2, -0.15) is 0 Å². The van der Waals surface area contributed by atoms with Gasteiger partial charge in [-0.3, -0.25) is 4.79 Å². The molecule has 0 bridgehead atoms. The average molecular weight is 276 g/mol. The van der Waals surface area contributed by atoms with Gasteiger partial charge in [0.2, 0.25) is 0 Å². The third-order valence-electron chi connectivity index (χ3n) is 3.35. The van der Waals surface area contributed by atoms with Crippen molar-refractivity contribution < 1.29 is 4.79 Å². The van der Waals surface area contributed by atoms with E-state index in [1.165, 1.54) is 12.8 Å². The van der Waals surface area contributed by atoms with Gasteiger partial charge in [0.05, 0.1) is 0 Å². The molecule has 0 fully saturated rings. The van der Waals surface area contributed by atoms with E-state index >= 15 is 0 Å². The summed E-state index contributed by atoms with van der Waals surface area (Å²) >= 11 is 0. The Morgan fingerprint density at radius 3 is 2.60 bits per heavy atom. The van der Waals surface area contributed by atoms with Crippen molar-refractivity contribution in [3.05, 3.63) is 29.3 Å². The highest BCUT2D eigenvalue weighted by molar-refractivity contribution is 5.94. The number of nitrogens with one attached hydrogen (secondary N) is 2. The average Bonchev–Trinajstić information content (AvgIpc) is 2.40. The maximum Gasteiger partial charge on any atom is 0.251 e. The summed E-state index contributed by atoms with van der Waals surface area (Å²) in [5.74, 6) is 0.771. The Labute approximate surface area is 123 Å². The smallest absolute Gasteiger partial charge is 0.251 e. The van der Waals surface area contributed by atoms with Gasteiger partial charge < -0.3 is 10.6 Å². The molecular weight excluding hydrogens is 248 g/mol. The number of anilines is 1. The highest BCUT2D eigenvalue weighted by atomic mass is 16.1. The fourth-order valence-electron chi connectivity index (χ4n) is 2.18. The Kier molecular flexibility index (Phi) is 7.13. The zero-order chi connectivity index (χ0) is 15.0. The molecule has 0 aliphatic carbocycles. The first-order valence-electron chi connectivity index (χ1n) is 7.67. The molecule has 0 saturated heterocycles. The molecule has 0 spiro atoms. The summed E-state index contributed by atoms with van der Waals surface area (Å²) in [5, 5.41) is 6.27. The predicted octanol–water partition coefficient (Wildman–Crippen LogP) is 3.98. The maximum absolute atomic E-state index is 12.0. The highest BCUT2D eigenvalue weighted by Crippen LogP contribution is 2.16. The SMILES string of the molecule is CCNc1ccc(C(=O)NCCCCC(C)C)cc1C. The largest absolute Gasteiger partial charge is 0.385 e. The van der Waals surface area contributed by atoms with Gasteiger partial charge in [0.15, 0.2) is 0 Å². The molecule has 0 aliphatic rings. The lowest BCUT2D eigenvalue weighted by atomic mass is 10.1. The highest BCUT2D eigenvalue weighted by Gasteiger charge is 2.07. The van der Waals surface area contributed by atoms with Crippen LogP contribution in [0.5, 0.6) is 0 Å². The summed E-state index contributed by atoms with van der Waals surface area (Å²) in [4.78, 5) is 12.0. The Bertz CT molecular complexity index is 427. The number of hydrogen-bond donors (Lipinski definition) is 2. The van der Waals surface area contributed by atoms with Crippen LogP contribution in [0.4, 0.5) is 5.69 Å². The van der Waals surface area contributed by atoms with Crippen molar-refractivity contribution in [2.75, 3.05) is 18.4 Å². The molecule has 3 nitrogen and oxygen atoms in total. The van der Waals surface area contributed by atoms with Gasteiger partial charge in [0.1, 0.15) is 0 Å². The van der Waals surface area contributed by atoms with Crippen LogP contribution in [-0.2, 0) is 0 Å². The van der Waals surface area contributed by atoms with Gasteiger partial charge in [-0.25, -0.2) is 0 Å². The molecule has 0 heterocycles. The summed E-state index contributed by atoms with van der Waals surface area (Å²) in [6.45, 7) is 10.2. The van der Waals surface area contributed by atoms with Gasteiger partial charge in [0.25, 0.3) is 5.91 Å². The Morgan fingerprint density at radius 1 is 1.25 bits per heavy atom. The van der Waals surface area contributed by atoms with Crippen LogP contribution < -0.4 is 10.6 Å². The van der Waals surface area contributed by atoms with E-state index in [1.807, 2.05) is 25.1 Å². The van der Waals surface area contributed by atoms with Crippen molar-refractivity contribution in [2.24, 2.45) is 5.92 Å². The van der Waals surface area contributed by atoms with E-state index in [1.54, 1.807) is 0 Å². The fourth-order valence-corrected chi connectivity index (χ4v) is 2.18. The van der Waals surface area contributed by atoms with Crippen LogP contribution in [0.1, 0.15) is 56.0 Å². The molecule has 1 aromatic rings. The monoisotopic (exact) mass is 276 g/mol. The first kappa shape index (κ1) is 16.5. The summed E-state index contributed by atoms with van der Waals surface area (Å²) in [7, 11) is 0. The summed E-state index contributed by atoms with van der Waals surface area (Å²) in [6, 6.07) is 5.81. The van der Waals surface area contributed by atoms with Crippen molar-refractivity contribution >= 4 is 11.6 Å². The van der Waals surface area contributed by atoms with Crippen LogP contribution in [0.25, 0.3) is 0 Å². The topological polar surface area (TPSA) is 41.1 Å². The summed E-state index contributed by atoms with van der Waals surface area (Å²) in [6.07, 6.45) is 3.46. The predicted molar refractivity (Wildman–Crippen MR) is 86.4 cm³/mol. The molecule has 0 aliphatic heterocycles. The second kappa shape index (κ2) is 8.62. The Balaban J connectivity index is 2.41. The quantitative estimate of drug-likeness (QED) is 0.705. The molecule has 0 aromatic heterocycles. The standard InChI is InChI=1S/C17H28N2O/c1-5-18-16-10-9-15(12-14(16)4)17(20)19-11-7-6-8-13(2)3/h9-10,12-13,18H,5-8,11H2,1-4H3,(H,19,20). The van der Waals surface area contributed by atoms with Gasteiger partial charge in [0, 0.05) is 24.3 Å². The van der Waals surface area contributed by atoms with Crippen molar-refractivity contribution in [1.29, 1.82) is 0 Å². The van der Waals surface area contributed by atoms with Gasteiger partial charge in [-0.1, -0.05) is 26.7 Å². The Morgan fingerprint density at radius 2 is 2.00 bits per heavy atom. The lowest BCUT2D eigenvalue weighted by Crippen LogP contribution is -2.24. The number of rotatable bonds is 8. The normalized spacial score (nSPS) is 10.7. The second-order valence-corrected chi connectivity index (χ2v) is 5.71. The molecule has 2 N–H and O–H groups in total. The van der Waals surface area contributed by atoms with Crippen molar-refractivity contribution in [1.82, 2.24) is 5.32 Å². The summed E-state index contributed by atoms with van der Waals surface area (Å²) in [5.41, 5.74) is 2.95. The minimum absolute atomic E-state index is 0.0284. The number of amides is 1. The Hall–Kier alpha value is -1.51. The minimum atomic E-state index is 0.0284. The first-order chi connectivity index (χ1) is 9.54. The molecule has 1 amide bonds. The molecule has 3 heteroatoms. The van der Waals surface area contributed by atoms with Crippen LogP contribution in [0.15, 0.2) is 18.2 Å². The number of benzene rings is 1. The molecule has 0 radical (unpaired) electrons. The van der Waals surface area contributed by atoms with E-state index in [9.17, 15) is 4.79 Å². The van der Waals surface area contributed by atoms with E-state index < -0.39 is 0 Å². The van der Waals surface area contributed by atoms with Crippen LogP contribution in [0.2, 0.25) is 0 Å². The number of hydrogen-bond acceptors (Lipinski definition) is 2. The molecule has 0 unspecified atom stereocenters. The minimum Gasteiger partial charge on any atom is -0.385 e. The van der Waals surface area contributed by atoms with Crippen molar-refractivity contribution in [3.63, 3.8) is 0 Å². The maximum atomic E-state index is 12.0. The van der Waals surface area contributed by atoms with Crippen molar-refractivity contribution in [3.8, 4) is 0 Å². The third kappa shape index (κ3) is 5.64. The molecule has 1 aromatic carbocycles. The van der Waals surface area contributed by atoms with E-state index in [0.29, 0.717) is 0 Å². The lowest BCUT2D eigenvalue weighted by Gasteiger charge is -2.10. The number of unbranched alkanes of at least 4 members (excludes halogenated alkanes) is 1. The van der Waals surface area contributed by atoms with Gasteiger partial charge in [-0.05, 0) is 49.9 Å². The fraction of sp³-hybridized carbons (Fsp3) is 0.588. The molecule has 0 atom stereocenters. The van der Waals surface area contributed by atoms with Crippen LogP contribution in [0.3, 0.4) is 0 Å². The molecule has 0 saturated carbocycles. The zero-order valence-corrected chi connectivity index (χ0v) is 13.3. The third-order valence-corrected chi connectivity index (χ3v) is 3.35. The van der Waals surface area contributed by atoms with Gasteiger partial charge >= 0.3 is 0 Å². The molecule has 1 rings (SSSR count). The van der Waals surface area contributed by atoms with E-state index in [4.69, 9.17) is 0 Å². The van der Waals surface area contributed by atoms with Crippen molar-refractivity contribution in [2.45, 2.75) is 47.0 Å². The zero-order valence-electron chi connectivity index (χ0n) is 13.3. The molecule has 20 heavy (non-hydrogen) atoms. The second-order valence-electron chi connectivity index (χ2n) is 5.71. The number of carbonyl (C=O) groups is 1. The number of aryl methyl sites for hydroxylation is 1. The lowest BCUT2D eigenvalue weighted by molar-refractivity contribution is 0.0953. The molecular formula is C17H28N2O. The van der Waals surface area contributed by atoms with E-state index in [0.717, 1.165) is 42.2 Å². The van der Waals surface area contributed by atoms with E-state index in [2.05, 4.69) is 31.4 Å². The van der Waals surface area contributed by atoms with Crippen LogP contribution >= 0.6 is 0 Å². The first-order valence-corrected chi connectivity index (χ1v) is 7.67. The van der Waals surface area contributed by atoms with E-state index in [-0.39, 0.29) is 5.91 Å². The number of carbonyl (C=O) groups excluding carboxylic acids is 1. The molecule has 112 valence electrons. The summed E-state index contributed by atoms with van der Waals surface area (Å²) < 4.78 is 0.